The van der Waals surface area contributed by atoms with Crippen LogP contribution < -0.4 is 0 Å². The average molecular weight is 167 g/mol. The van der Waals surface area contributed by atoms with Crippen molar-refractivity contribution in [2.24, 2.45) is 0 Å². The van der Waals surface area contributed by atoms with Crippen molar-refractivity contribution in [2.45, 2.75) is 0 Å². The first kappa shape index (κ1) is 7.70. The highest BCUT2D eigenvalue weighted by atomic mass is 35.5. The molecule has 54 valence electrons. The van der Waals surface area contributed by atoms with E-state index in [0.29, 0.717) is 5.56 Å². The fraction of sp³-hybridized carbons (Fsp3) is 0. The molecule has 0 atom stereocenters. The molecule has 1 heterocycles. The minimum Gasteiger partial charge on any atom is -0.361 e. The van der Waals surface area contributed by atoms with Crippen molar-refractivity contribution in [3.63, 3.8) is 0 Å². The van der Waals surface area contributed by atoms with E-state index in [0.717, 1.165) is 0 Å². The third-order valence-corrected chi connectivity index (χ3v) is 1.31. The monoisotopic (exact) mass is 166 g/mol. The zero-order valence-electron chi connectivity index (χ0n) is 5.41. The van der Waals surface area contributed by atoms with Gasteiger partial charge < -0.3 is 4.85 Å². The van der Waals surface area contributed by atoms with Crippen LogP contribution in [0.25, 0.3) is 4.85 Å². The highest BCUT2D eigenvalue weighted by Gasteiger charge is 2.02. The smallest absolute Gasteiger partial charge is 0.269 e. The summed E-state index contributed by atoms with van der Waals surface area (Å²) in [5, 5.41) is -0.561. The molecular weight excluding hydrogens is 164 g/mol. The Hall–Kier alpha value is -1.40. The minimum absolute atomic E-state index is 0.256. The summed E-state index contributed by atoms with van der Waals surface area (Å²) in [4.78, 5) is 17.2. The Morgan fingerprint density at radius 3 is 2.73 bits per heavy atom. The summed E-state index contributed by atoms with van der Waals surface area (Å²) >= 11 is 5.14. The van der Waals surface area contributed by atoms with Crippen LogP contribution in [0.4, 0.5) is 5.82 Å². The quantitative estimate of drug-likeness (QED) is 0.473. The third-order valence-electron chi connectivity index (χ3n) is 1.09. The SMILES string of the molecule is [C-]#[N+]c1ccc(C(=O)Cl)cn1. The van der Waals surface area contributed by atoms with Crippen molar-refractivity contribution in [3.8, 4) is 0 Å². The van der Waals surface area contributed by atoms with Crippen LogP contribution in [-0.2, 0) is 0 Å². The average Bonchev–Trinajstić information content (AvgIpc) is 2.05. The Bertz CT molecular complexity index is 312. The van der Waals surface area contributed by atoms with Gasteiger partial charge in [0.05, 0.1) is 5.56 Å². The van der Waals surface area contributed by atoms with E-state index in [1.54, 1.807) is 0 Å². The number of carbonyl (C=O) groups is 1. The molecule has 4 heteroatoms. The minimum atomic E-state index is -0.561. The number of pyridine rings is 1. The summed E-state index contributed by atoms with van der Waals surface area (Å²) in [7, 11) is 0. The lowest BCUT2D eigenvalue weighted by atomic mass is 10.3. The van der Waals surface area contributed by atoms with Crippen LogP contribution in [0, 0.1) is 6.57 Å². The van der Waals surface area contributed by atoms with Gasteiger partial charge in [0, 0.05) is 0 Å². The molecule has 0 aliphatic carbocycles. The van der Waals surface area contributed by atoms with Gasteiger partial charge in [0.15, 0.2) is 0 Å². The normalized spacial score (nSPS) is 8.73. The van der Waals surface area contributed by atoms with E-state index in [1.165, 1.54) is 18.3 Å². The van der Waals surface area contributed by atoms with Gasteiger partial charge in [0.25, 0.3) is 11.1 Å². The van der Waals surface area contributed by atoms with Crippen molar-refractivity contribution in [3.05, 3.63) is 35.3 Å². The highest BCUT2D eigenvalue weighted by molar-refractivity contribution is 6.67. The van der Waals surface area contributed by atoms with E-state index in [4.69, 9.17) is 18.2 Å². The molecule has 3 nitrogen and oxygen atoms in total. The largest absolute Gasteiger partial charge is 0.361 e. The molecular formula is C7H3ClN2O. The van der Waals surface area contributed by atoms with E-state index in [2.05, 4.69) is 9.83 Å². The van der Waals surface area contributed by atoms with E-state index in [-0.39, 0.29) is 5.82 Å². The number of rotatable bonds is 1. The summed E-state index contributed by atoms with van der Waals surface area (Å²) in [5.41, 5.74) is 0.305. The molecule has 0 radical (unpaired) electrons. The molecule has 0 fully saturated rings. The van der Waals surface area contributed by atoms with Gasteiger partial charge in [-0.15, -0.1) is 4.98 Å². The molecule has 0 spiro atoms. The molecule has 0 unspecified atom stereocenters. The van der Waals surface area contributed by atoms with Crippen LogP contribution in [0.2, 0.25) is 0 Å². The number of aromatic nitrogens is 1. The van der Waals surface area contributed by atoms with E-state index < -0.39 is 5.24 Å². The number of halogens is 1. The fourth-order valence-corrected chi connectivity index (χ4v) is 0.680. The van der Waals surface area contributed by atoms with Crippen LogP contribution in [-0.4, -0.2) is 10.2 Å². The molecule has 0 saturated heterocycles. The second kappa shape index (κ2) is 3.13. The summed E-state index contributed by atoms with van der Waals surface area (Å²) in [5.74, 6) is 0.256. The van der Waals surface area contributed by atoms with E-state index >= 15 is 0 Å². The molecule has 1 aromatic heterocycles. The maximum atomic E-state index is 10.5. The van der Waals surface area contributed by atoms with Crippen LogP contribution in [0.1, 0.15) is 10.4 Å². The first-order chi connectivity index (χ1) is 5.24. The molecule has 0 aliphatic rings. The first-order valence-electron chi connectivity index (χ1n) is 2.77. The molecule has 0 aliphatic heterocycles. The molecule has 0 saturated carbocycles. The number of hydrogen-bond acceptors (Lipinski definition) is 2. The Morgan fingerprint density at radius 1 is 1.64 bits per heavy atom. The second-order valence-electron chi connectivity index (χ2n) is 1.79. The van der Waals surface area contributed by atoms with Gasteiger partial charge in [-0.05, 0) is 17.7 Å². The summed E-state index contributed by atoms with van der Waals surface area (Å²) in [6, 6.07) is 2.92. The molecule has 11 heavy (non-hydrogen) atoms. The van der Waals surface area contributed by atoms with Crippen molar-refractivity contribution < 1.29 is 4.79 Å². The van der Waals surface area contributed by atoms with Crippen LogP contribution in [0.5, 0.6) is 0 Å². The van der Waals surface area contributed by atoms with Gasteiger partial charge in [0.1, 0.15) is 6.20 Å². The van der Waals surface area contributed by atoms with Gasteiger partial charge in [0.2, 0.25) is 0 Å². The maximum Gasteiger partial charge on any atom is 0.269 e. The van der Waals surface area contributed by atoms with Crippen molar-refractivity contribution in [1.82, 2.24) is 4.98 Å². The summed E-state index contributed by atoms with van der Waals surface area (Å²) in [6.07, 6.45) is 1.28. The van der Waals surface area contributed by atoms with Crippen molar-refractivity contribution in [1.29, 1.82) is 0 Å². The molecule has 1 rings (SSSR count). The summed E-state index contributed by atoms with van der Waals surface area (Å²) in [6.45, 7) is 6.57. The van der Waals surface area contributed by atoms with Gasteiger partial charge in [-0.2, -0.15) is 0 Å². The van der Waals surface area contributed by atoms with Gasteiger partial charge in [-0.3, -0.25) is 4.79 Å². The van der Waals surface area contributed by atoms with Crippen LogP contribution in [0.15, 0.2) is 18.3 Å². The Morgan fingerprint density at radius 2 is 2.36 bits per heavy atom. The zero-order valence-corrected chi connectivity index (χ0v) is 6.17. The molecule has 1 aromatic rings. The van der Waals surface area contributed by atoms with Crippen molar-refractivity contribution in [2.75, 3.05) is 0 Å². The topological polar surface area (TPSA) is 34.3 Å². The predicted octanol–water partition coefficient (Wildman–Crippen LogP) is 2.01. The van der Waals surface area contributed by atoms with Gasteiger partial charge in [-0.1, -0.05) is 12.6 Å². The Kier molecular flexibility index (Phi) is 2.19. The lowest BCUT2D eigenvalue weighted by Crippen LogP contribution is -1.87. The highest BCUT2D eigenvalue weighted by Crippen LogP contribution is 2.09. The molecule has 0 amide bonds. The van der Waals surface area contributed by atoms with Gasteiger partial charge in [-0.25, -0.2) is 0 Å². The van der Waals surface area contributed by atoms with E-state index in [9.17, 15) is 4.79 Å². The number of carbonyl (C=O) groups excluding carboxylic acids is 1. The zero-order chi connectivity index (χ0) is 8.27. The maximum absolute atomic E-state index is 10.5. The first-order valence-corrected chi connectivity index (χ1v) is 3.15. The van der Waals surface area contributed by atoms with Crippen LogP contribution in [0.3, 0.4) is 0 Å². The number of nitrogens with zero attached hydrogens (tertiary/aromatic N) is 2. The molecule has 0 aromatic carbocycles. The summed E-state index contributed by atoms with van der Waals surface area (Å²) < 4.78 is 0. The number of hydrogen-bond donors (Lipinski definition) is 0. The third kappa shape index (κ3) is 1.76. The van der Waals surface area contributed by atoms with Gasteiger partial charge >= 0.3 is 0 Å². The fourth-order valence-electron chi connectivity index (χ4n) is 0.568. The van der Waals surface area contributed by atoms with E-state index in [1.807, 2.05) is 0 Å². The lowest BCUT2D eigenvalue weighted by molar-refractivity contribution is 0.108. The molecule has 0 N–H and O–H groups in total. The van der Waals surface area contributed by atoms with Crippen molar-refractivity contribution >= 4 is 22.7 Å². The van der Waals surface area contributed by atoms with Crippen LogP contribution >= 0.6 is 11.6 Å². The Balaban J connectivity index is 3.03. The predicted molar refractivity (Wildman–Crippen MR) is 40.7 cm³/mol. The standard InChI is InChI=1S/C7H3ClN2O/c1-9-6-3-2-5(4-10-6)7(8)11/h2-4H. The second-order valence-corrected chi connectivity index (χ2v) is 2.13. The Labute approximate surface area is 68.4 Å². The molecule has 0 bridgehead atoms. The lowest BCUT2D eigenvalue weighted by Gasteiger charge is -1.88.